The van der Waals surface area contributed by atoms with E-state index in [0.29, 0.717) is 5.69 Å². The van der Waals surface area contributed by atoms with Gasteiger partial charge in [-0.25, -0.2) is 9.78 Å². The summed E-state index contributed by atoms with van der Waals surface area (Å²) in [6, 6.07) is 18.3. The predicted octanol–water partition coefficient (Wildman–Crippen LogP) is 4.19. The summed E-state index contributed by atoms with van der Waals surface area (Å²) in [7, 11) is 3.09. The molecule has 0 radical (unpaired) electrons. The molecule has 4 aromatic rings. The smallest absolute Gasteiger partial charge is 0.338 e. The Bertz CT molecular complexity index is 1360. The number of hydrogen-bond donors (Lipinski definition) is 1. The fourth-order valence-corrected chi connectivity index (χ4v) is 3.39. The second kappa shape index (κ2) is 8.31. The number of imidazole rings is 1. The van der Waals surface area contributed by atoms with Crippen molar-refractivity contribution in [3.63, 3.8) is 0 Å². The first kappa shape index (κ1) is 20.7. The Labute approximate surface area is 182 Å². The number of ether oxygens (including phenoxy) is 1. The monoisotopic (exact) mass is 430 g/mol. The molecule has 4 rings (SSSR count). The van der Waals surface area contributed by atoms with Gasteiger partial charge in [-0.1, -0.05) is 12.1 Å². The van der Waals surface area contributed by atoms with Gasteiger partial charge in [-0.3, -0.25) is 14.9 Å². The second-order valence-corrected chi connectivity index (χ2v) is 7.03. The van der Waals surface area contributed by atoms with Gasteiger partial charge in [-0.05, 0) is 42.5 Å². The molecule has 1 amide bonds. The van der Waals surface area contributed by atoms with E-state index in [1.807, 2.05) is 48.0 Å². The van der Waals surface area contributed by atoms with Crippen molar-refractivity contribution in [1.82, 2.24) is 9.55 Å². The normalized spacial score (nSPS) is 10.7. The Balaban J connectivity index is 1.59. The third kappa shape index (κ3) is 3.91. The summed E-state index contributed by atoms with van der Waals surface area (Å²) in [5, 5.41) is 13.9. The van der Waals surface area contributed by atoms with E-state index >= 15 is 0 Å². The number of benzene rings is 3. The number of methoxy groups -OCH3 is 1. The Morgan fingerprint density at radius 3 is 2.38 bits per heavy atom. The molecule has 0 aliphatic rings. The number of carbonyl (C=O) groups is 2. The molecular weight excluding hydrogens is 412 g/mol. The number of aromatic nitrogens is 2. The number of nitrogens with zero attached hydrogens (tertiary/aromatic N) is 3. The van der Waals surface area contributed by atoms with Crippen molar-refractivity contribution in [2.75, 3.05) is 12.4 Å². The number of nitro benzene ring substituents is 1. The first-order valence-corrected chi connectivity index (χ1v) is 9.58. The SMILES string of the molecule is COC(=O)c1cc(C(=O)Nc2ccc(-c3nc4ccccc4n3C)cc2)cc([N+](=O)[O-])c1. The van der Waals surface area contributed by atoms with Gasteiger partial charge in [0.1, 0.15) is 5.82 Å². The third-order valence-electron chi connectivity index (χ3n) is 5.00. The molecule has 0 aliphatic carbocycles. The van der Waals surface area contributed by atoms with Gasteiger partial charge in [0.15, 0.2) is 0 Å². The van der Waals surface area contributed by atoms with Gasteiger partial charge in [-0.2, -0.15) is 0 Å². The van der Waals surface area contributed by atoms with Gasteiger partial charge in [-0.15, -0.1) is 0 Å². The van der Waals surface area contributed by atoms with Crippen LogP contribution < -0.4 is 5.32 Å². The van der Waals surface area contributed by atoms with Crippen LogP contribution in [0.2, 0.25) is 0 Å². The summed E-state index contributed by atoms with van der Waals surface area (Å²) < 4.78 is 6.60. The lowest BCUT2D eigenvalue weighted by molar-refractivity contribution is -0.384. The molecule has 0 saturated heterocycles. The van der Waals surface area contributed by atoms with Gasteiger partial charge < -0.3 is 14.6 Å². The summed E-state index contributed by atoms with van der Waals surface area (Å²) in [5.74, 6) is -0.575. The number of aryl methyl sites for hydroxylation is 1. The van der Waals surface area contributed by atoms with Crippen LogP contribution in [0.15, 0.2) is 66.7 Å². The number of non-ortho nitro benzene ring substituents is 1. The van der Waals surface area contributed by atoms with Crippen LogP contribution in [0, 0.1) is 10.1 Å². The molecule has 0 fully saturated rings. The molecule has 0 atom stereocenters. The molecule has 1 N–H and O–H groups in total. The van der Waals surface area contributed by atoms with Crippen LogP contribution in [-0.2, 0) is 11.8 Å². The molecule has 0 saturated carbocycles. The highest BCUT2D eigenvalue weighted by Crippen LogP contribution is 2.25. The fourth-order valence-electron chi connectivity index (χ4n) is 3.39. The van der Waals surface area contributed by atoms with E-state index in [2.05, 4.69) is 15.0 Å². The van der Waals surface area contributed by atoms with Crippen LogP contribution in [0.5, 0.6) is 0 Å². The number of anilines is 1. The molecule has 1 aromatic heterocycles. The summed E-state index contributed by atoms with van der Waals surface area (Å²) in [6.45, 7) is 0. The zero-order valence-corrected chi connectivity index (χ0v) is 17.2. The van der Waals surface area contributed by atoms with Crippen molar-refractivity contribution in [2.24, 2.45) is 7.05 Å². The number of amides is 1. The van der Waals surface area contributed by atoms with E-state index in [1.165, 1.54) is 6.07 Å². The van der Waals surface area contributed by atoms with Crippen molar-refractivity contribution in [3.05, 3.63) is 88.0 Å². The van der Waals surface area contributed by atoms with Gasteiger partial charge >= 0.3 is 5.97 Å². The van der Waals surface area contributed by atoms with Crippen LogP contribution in [0.3, 0.4) is 0 Å². The average Bonchev–Trinajstić information content (AvgIpc) is 3.15. The maximum Gasteiger partial charge on any atom is 0.338 e. The van der Waals surface area contributed by atoms with Crippen molar-refractivity contribution in [1.29, 1.82) is 0 Å². The molecule has 0 unspecified atom stereocenters. The Kier molecular flexibility index (Phi) is 5.38. The largest absolute Gasteiger partial charge is 0.465 e. The first-order chi connectivity index (χ1) is 15.4. The average molecular weight is 430 g/mol. The van der Waals surface area contributed by atoms with E-state index in [0.717, 1.165) is 41.7 Å². The standard InChI is InChI=1S/C23H18N4O5/c1-26-20-6-4-3-5-19(20)25-21(26)14-7-9-17(10-8-14)24-22(28)15-11-16(23(29)32-2)13-18(12-15)27(30)31/h3-13H,1-2H3,(H,24,28). The van der Waals surface area contributed by atoms with Gasteiger partial charge in [0.05, 0.1) is 28.6 Å². The Morgan fingerprint density at radius 2 is 1.72 bits per heavy atom. The van der Waals surface area contributed by atoms with E-state index in [1.54, 1.807) is 12.1 Å². The maximum atomic E-state index is 12.7. The lowest BCUT2D eigenvalue weighted by Crippen LogP contribution is -2.14. The van der Waals surface area contributed by atoms with E-state index in [4.69, 9.17) is 0 Å². The molecule has 32 heavy (non-hydrogen) atoms. The molecule has 0 bridgehead atoms. The minimum absolute atomic E-state index is 0.0287. The molecule has 1 heterocycles. The van der Waals surface area contributed by atoms with Gasteiger partial charge in [0.2, 0.25) is 0 Å². The number of nitro groups is 1. The summed E-state index contributed by atoms with van der Waals surface area (Å²) in [6.07, 6.45) is 0. The third-order valence-corrected chi connectivity index (χ3v) is 5.00. The number of para-hydroxylation sites is 2. The number of rotatable bonds is 5. The topological polar surface area (TPSA) is 116 Å². The molecule has 0 spiro atoms. The number of hydrogen-bond acceptors (Lipinski definition) is 6. The van der Waals surface area contributed by atoms with Crippen LogP contribution >= 0.6 is 0 Å². The van der Waals surface area contributed by atoms with E-state index in [-0.39, 0.29) is 16.8 Å². The minimum atomic E-state index is -0.769. The quantitative estimate of drug-likeness (QED) is 0.288. The zero-order chi connectivity index (χ0) is 22.8. The highest BCUT2D eigenvalue weighted by atomic mass is 16.6. The molecular formula is C23H18N4O5. The number of esters is 1. The summed E-state index contributed by atoms with van der Waals surface area (Å²) >= 11 is 0. The Morgan fingerprint density at radius 1 is 1.03 bits per heavy atom. The number of nitrogens with one attached hydrogen (secondary N) is 1. The maximum absolute atomic E-state index is 12.7. The number of carbonyl (C=O) groups excluding carboxylic acids is 2. The van der Waals surface area contributed by atoms with Crippen LogP contribution in [-0.4, -0.2) is 33.5 Å². The van der Waals surface area contributed by atoms with Crippen molar-refractivity contribution in [3.8, 4) is 11.4 Å². The highest BCUT2D eigenvalue weighted by molar-refractivity contribution is 6.06. The lowest BCUT2D eigenvalue weighted by atomic mass is 10.1. The minimum Gasteiger partial charge on any atom is -0.465 e. The highest BCUT2D eigenvalue weighted by Gasteiger charge is 2.18. The van der Waals surface area contributed by atoms with E-state index < -0.39 is 16.8 Å². The molecule has 9 nitrogen and oxygen atoms in total. The molecule has 0 aliphatic heterocycles. The summed E-state index contributed by atoms with van der Waals surface area (Å²) in [5.41, 5.74) is 2.76. The molecule has 3 aromatic carbocycles. The predicted molar refractivity (Wildman–Crippen MR) is 119 cm³/mol. The fraction of sp³-hybridized carbons (Fsp3) is 0.0870. The lowest BCUT2D eigenvalue weighted by Gasteiger charge is -2.08. The molecule has 9 heteroatoms. The van der Waals surface area contributed by atoms with Crippen molar-refractivity contribution < 1.29 is 19.2 Å². The van der Waals surface area contributed by atoms with Crippen LogP contribution in [0.25, 0.3) is 22.4 Å². The zero-order valence-electron chi connectivity index (χ0n) is 17.2. The van der Waals surface area contributed by atoms with Crippen LogP contribution in [0.4, 0.5) is 11.4 Å². The van der Waals surface area contributed by atoms with Gasteiger partial charge in [0.25, 0.3) is 11.6 Å². The van der Waals surface area contributed by atoms with E-state index in [9.17, 15) is 19.7 Å². The van der Waals surface area contributed by atoms with Crippen molar-refractivity contribution >= 4 is 34.3 Å². The molecule has 160 valence electrons. The second-order valence-electron chi connectivity index (χ2n) is 7.03. The van der Waals surface area contributed by atoms with Crippen molar-refractivity contribution in [2.45, 2.75) is 0 Å². The summed E-state index contributed by atoms with van der Waals surface area (Å²) in [4.78, 5) is 39.6. The van der Waals surface area contributed by atoms with Crippen LogP contribution in [0.1, 0.15) is 20.7 Å². The Hall–Kier alpha value is -4.53. The van der Waals surface area contributed by atoms with Gasteiger partial charge in [0, 0.05) is 36.0 Å². The first-order valence-electron chi connectivity index (χ1n) is 9.58. The number of fused-ring (bicyclic) bond motifs is 1.